The number of hydrogen-bond acceptors (Lipinski definition) is 2. The standard InChI is InChI=1S/C12H25.ClH.Na.H2O4S/c1-3-5-7-9-11-12-10-8-6-4-2;;;1-5(2,3)4/h1,3-12H2,2H3;1H;;(H2,1,2,3,4)/q-1;;+1;. The third-order valence-electron chi connectivity index (χ3n) is 2.35. The summed E-state index contributed by atoms with van der Waals surface area (Å²) in [6, 6.07) is 0. The van der Waals surface area contributed by atoms with Crippen LogP contribution in [0.2, 0.25) is 0 Å². The van der Waals surface area contributed by atoms with Crippen molar-refractivity contribution in [2.24, 2.45) is 0 Å². The van der Waals surface area contributed by atoms with Gasteiger partial charge in [-0.2, -0.15) is 14.8 Å². The number of hydrogen-bond donors (Lipinski definition) is 2. The summed E-state index contributed by atoms with van der Waals surface area (Å²) in [6.45, 7) is 6.12. The Bertz CT molecular complexity index is 218. The van der Waals surface area contributed by atoms with E-state index in [0.29, 0.717) is 0 Å². The molecule has 0 fully saturated rings. The molecular weight excluding hydrogens is 299 g/mol. The van der Waals surface area contributed by atoms with Crippen molar-refractivity contribution in [2.45, 2.75) is 71.1 Å². The first-order valence-corrected chi connectivity index (χ1v) is 7.80. The molecule has 19 heavy (non-hydrogen) atoms. The van der Waals surface area contributed by atoms with E-state index in [9.17, 15) is 0 Å². The molecule has 0 heterocycles. The number of rotatable bonds is 9. The Morgan fingerprint density at radius 3 is 1.37 bits per heavy atom. The van der Waals surface area contributed by atoms with E-state index in [1.807, 2.05) is 0 Å². The fourth-order valence-electron chi connectivity index (χ4n) is 1.49. The van der Waals surface area contributed by atoms with Crippen LogP contribution in [0, 0.1) is 6.92 Å². The molecule has 0 unspecified atom stereocenters. The molecule has 0 atom stereocenters. The fraction of sp³-hybridized carbons (Fsp3) is 0.917. The van der Waals surface area contributed by atoms with Gasteiger partial charge in [0.2, 0.25) is 0 Å². The molecule has 0 aromatic rings. The largest absolute Gasteiger partial charge is 1.00 e. The van der Waals surface area contributed by atoms with Gasteiger partial charge in [0, 0.05) is 0 Å². The van der Waals surface area contributed by atoms with E-state index >= 15 is 0 Å². The third-order valence-corrected chi connectivity index (χ3v) is 2.35. The average molecular weight is 327 g/mol. The maximum atomic E-state index is 8.74. The van der Waals surface area contributed by atoms with Crippen molar-refractivity contribution in [1.29, 1.82) is 0 Å². The van der Waals surface area contributed by atoms with Crippen molar-refractivity contribution in [3.63, 3.8) is 0 Å². The molecule has 0 aliphatic rings. The molecule has 2 N–H and O–H groups in total. The zero-order chi connectivity index (χ0) is 13.6. The van der Waals surface area contributed by atoms with Crippen molar-refractivity contribution < 1.29 is 47.1 Å². The zero-order valence-electron chi connectivity index (χ0n) is 12.3. The molecule has 4 nitrogen and oxygen atoms in total. The second-order valence-corrected chi connectivity index (χ2v) is 5.03. The molecule has 0 spiro atoms. The molecule has 0 amide bonds. The van der Waals surface area contributed by atoms with Gasteiger partial charge in [0.05, 0.1) is 0 Å². The Morgan fingerprint density at radius 1 is 0.842 bits per heavy atom. The molecular formula is C12H28ClNaO4S. The molecule has 7 heteroatoms. The first-order valence-electron chi connectivity index (χ1n) is 6.41. The van der Waals surface area contributed by atoms with E-state index in [1.165, 1.54) is 57.8 Å². The molecule has 0 saturated heterocycles. The normalized spacial score (nSPS) is 9.68. The van der Waals surface area contributed by atoms with Crippen LogP contribution < -0.4 is 29.6 Å². The van der Waals surface area contributed by atoms with E-state index in [2.05, 4.69) is 13.8 Å². The molecule has 0 bridgehead atoms. The van der Waals surface area contributed by atoms with Gasteiger partial charge in [-0.3, -0.25) is 9.11 Å². The second-order valence-electron chi connectivity index (χ2n) is 4.13. The second kappa shape index (κ2) is 21.5. The number of unbranched alkanes of at least 4 members (excludes halogenated alkanes) is 9. The summed E-state index contributed by atoms with van der Waals surface area (Å²) < 4.78 is 31.6. The van der Waals surface area contributed by atoms with E-state index in [0.717, 1.165) is 6.42 Å². The Morgan fingerprint density at radius 2 is 1.11 bits per heavy atom. The Hall–Kier alpha value is 1.16. The molecule has 0 aliphatic carbocycles. The first kappa shape index (κ1) is 28.3. The molecule has 0 radical (unpaired) electrons. The summed E-state index contributed by atoms with van der Waals surface area (Å²) in [6.07, 6.45) is 13.9. The molecule has 0 aromatic heterocycles. The SMILES string of the molecule is Cl.O=S(=O)(O)O.[CH2-]CCCCCCCCCCC.[Na+]. The van der Waals surface area contributed by atoms with Crippen LogP contribution in [0.15, 0.2) is 0 Å². The van der Waals surface area contributed by atoms with Crippen LogP contribution in [0.5, 0.6) is 0 Å². The topological polar surface area (TPSA) is 74.6 Å². The summed E-state index contributed by atoms with van der Waals surface area (Å²) in [5.74, 6) is 0. The van der Waals surface area contributed by atoms with Crippen LogP contribution in [0.1, 0.15) is 71.1 Å². The van der Waals surface area contributed by atoms with E-state index in [1.54, 1.807) is 0 Å². The van der Waals surface area contributed by atoms with E-state index < -0.39 is 10.4 Å². The molecule has 0 rings (SSSR count). The Balaban J connectivity index is -0.000000139. The summed E-state index contributed by atoms with van der Waals surface area (Å²) in [7, 11) is -4.67. The van der Waals surface area contributed by atoms with Crippen molar-refractivity contribution in [3.05, 3.63) is 6.92 Å². The molecule has 0 saturated carbocycles. The van der Waals surface area contributed by atoms with Crippen LogP contribution in [0.3, 0.4) is 0 Å². The van der Waals surface area contributed by atoms with Gasteiger partial charge in [-0.25, -0.2) is 0 Å². The van der Waals surface area contributed by atoms with Crippen LogP contribution >= 0.6 is 12.4 Å². The van der Waals surface area contributed by atoms with Crippen molar-refractivity contribution in [1.82, 2.24) is 0 Å². The van der Waals surface area contributed by atoms with Gasteiger partial charge in [-0.05, 0) is 0 Å². The third kappa shape index (κ3) is 54.7. The van der Waals surface area contributed by atoms with Gasteiger partial charge in [0.15, 0.2) is 0 Å². The summed E-state index contributed by atoms with van der Waals surface area (Å²) in [5.41, 5.74) is 0. The summed E-state index contributed by atoms with van der Waals surface area (Å²) >= 11 is 0. The smallest absolute Gasteiger partial charge is 0.343 e. The fourth-order valence-corrected chi connectivity index (χ4v) is 1.49. The van der Waals surface area contributed by atoms with Gasteiger partial charge in [-0.1, -0.05) is 64.7 Å². The Labute approximate surface area is 147 Å². The van der Waals surface area contributed by atoms with Gasteiger partial charge in [-0.15, -0.1) is 12.4 Å². The van der Waals surface area contributed by atoms with Crippen molar-refractivity contribution >= 4 is 22.8 Å². The minimum atomic E-state index is -4.67. The van der Waals surface area contributed by atoms with Crippen molar-refractivity contribution in [3.8, 4) is 0 Å². The minimum Gasteiger partial charge on any atom is -0.343 e. The van der Waals surface area contributed by atoms with Crippen LogP contribution in [-0.2, 0) is 10.4 Å². The zero-order valence-corrected chi connectivity index (χ0v) is 15.9. The molecule has 0 aromatic carbocycles. The molecule has 114 valence electrons. The van der Waals surface area contributed by atoms with Gasteiger partial charge in [0.1, 0.15) is 0 Å². The summed E-state index contributed by atoms with van der Waals surface area (Å²) in [5, 5.41) is 0. The van der Waals surface area contributed by atoms with Gasteiger partial charge < -0.3 is 6.92 Å². The predicted molar refractivity (Wildman–Crippen MR) is 78.6 cm³/mol. The van der Waals surface area contributed by atoms with Crippen LogP contribution in [0.25, 0.3) is 0 Å². The van der Waals surface area contributed by atoms with Crippen LogP contribution in [-0.4, -0.2) is 17.5 Å². The van der Waals surface area contributed by atoms with E-state index in [4.69, 9.17) is 17.5 Å². The monoisotopic (exact) mass is 326 g/mol. The van der Waals surface area contributed by atoms with Gasteiger partial charge in [0.25, 0.3) is 0 Å². The number of halogens is 1. The quantitative estimate of drug-likeness (QED) is 0.291. The molecule has 0 aliphatic heterocycles. The van der Waals surface area contributed by atoms with Gasteiger partial charge >= 0.3 is 40.0 Å². The maximum Gasteiger partial charge on any atom is 1.00 e. The van der Waals surface area contributed by atoms with Crippen molar-refractivity contribution in [2.75, 3.05) is 0 Å². The van der Waals surface area contributed by atoms with E-state index in [-0.39, 0.29) is 42.0 Å². The maximum absolute atomic E-state index is 8.74. The average Bonchev–Trinajstić information content (AvgIpc) is 2.20. The summed E-state index contributed by atoms with van der Waals surface area (Å²) in [4.78, 5) is 0. The van der Waals surface area contributed by atoms with Crippen LogP contribution in [0.4, 0.5) is 0 Å². The minimum absolute atomic E-state index is 0. The first-order chi connectivity index (χ1) is 7.91. The Kier molecular flexibility index (Phi) is 32.0. The predicted octanol–water partition coefficient (Wildman–Crippen LogP) is 1.51.